The van der Waals surface area contributed by atoms with Crippen LogP contribution in [0.2, 0.25) is 0 Å². The van der Waals surface area contributed by atoms with Gasteiger partial charge in [-0.1, -0.05) is 25.0 Å². The van der Waals surface area contributed by atoms with Crippen LogP contribution in [0.5, 0.6) is 0 Å². The lowest BCUT2D eigenvalue weighted by Gasteiger charge is -2.34. The molecule has 1 nitrogen and oxygen atoms in total. The first-order valence-electron chi connectivity index (χ1n) is 10.6. The lowest BCUT2D eigenvalue weighted by atomic mass is 9.73. The highest BCUT2D eigenvalue weighted by atomic mass is 16.5. The van der Waals surface area contributed by atoms with Gasteiger partial charge in [-0.15, -0.1) is 0 Å². The lowest BCUT2D eigenvalue weighted by molar-refractivity contribution is 0.0509. The molecule has 0 unspecified atom stereocenters. The van der Waals surface area contributed by atoms with Crippen molar-refractivity contribution in [3.63, 3.8) is 0 Å². The van der Waals surface area contributed by atoms with Gasteiger partial charge in [0, 0.05) is 7.11 Å². The Morgan fingerprint density at radius 3 is 1.76 bits per heavy atom. The molecular weight excluding hydrogens is 304 g/mol. The van der Waals surface area contributed by atoms with E-state index in [4.69, 9.17) is 4.74 Å². The van der Waals surface area contributed by atoms with Crippen molar-refractivity contribution in [1.82, 2.24) is 0 Å². The van der Waals surface area contributed by atoms with Gasteiger partial charge in [0.25, 0.3) is 0 Å². The van der Waals surface area contributed by atoms with Crippen LogP contribution in [0.4, 0.5) is 0 Å². The van der Waals surface area contributed by atoms with Gasteiger partial charge in [0.15, 0.2) is 0 Å². The van der Waals surface area contributed by atoms with Crippen molar-refractivity contribution < 1.29 is 4.74 Å². The molecule has 2 fully saturated rings. The van der Waals surface area contributed by atoms with Gasteiger partial charge < -0.3 is 4.74 Å². The van der Waals surface area contributed by atoms with Gasteiger partial charge in [0.05, 0.1) is 6.10 Å². The Labute approximate surface area is 155 Å². The van der Waals surface area contributed by atoms with Crippen LogP contribution in [0, 0.1) is 38.5 Å². The molecule has 0 amide bonds. The molecule has 0 atom stereocenters. The van der Waals surface area contributed by atoms with Crippen LogP contribution in [0.25, 0.3) is 0 Å². The van der Waals surface area contributed by atoms with Crippen LogP contribution in [-0.2, 0) is 11.2 Å². The Kier molecular flexibility index (Phi) is 6.61. The van der Waals surface area contributed by atoms with E-state index >= 15 is 0 Å². The van der Waals surface area contributed by atoms with Crippen LogP contribution in [0.1, 0.15) is 80.0 Å². The Morgan fingerprint density at radius 2 is 1.24 bits per heavy atom. The predicted octanol–water partition coefficient (Wildman–Crippen LogP) is 6.56. The smallest absolute Gasteiger partial charge is 0.0571 e. The highest BCUT2D eigenvalue weighted by molar-refractivity contribution is 5.37. The summed E-state index contributed by atoms with van der Waals surface area (Å²) in [6, 6.07) is 4.87. The Morgan fingerprint density at radius 1 is 0.760 bits per heavy atom. The Hall–Kier alpha value is -0.820. The maximum atomic E-state index is 5.52. The second-order valence-corrected chi connectivity index (χ2v) is 9.06. The minimum absolute atomic E-state index is 0.549. The van der Waals surface area contributed by atoms with Crippen LogP contribution in [0.15, 0.2) is 12.1 Å². The third kappa shape index (κ3) is 5.09. The monoisotopic (exact) mass is 342 g/mol. The highest BCUT2D eigenvalue weighted by Gasteiger charge is 2.27. The number of ether oxygens (including phenoxy) is 1. The molecule has 0 heterocycles. The molecule has 0 aromatic heterocycles. The van der Waals surface area contributed by atoms with Crippen molar-refractivity contribution >= 4 is 0 Å². The molecule has 25 heavy (non-hydrogen) atoms. The second kappa shape index (κ2) is 8.71. The van der Waals surface area contributed by atoms with Crippen molar-refractivity contribution in [2.75, 3.05) is 7.11 Å². The summed E-state index contributed by atoms with van der Waals surface area (Å²) < 4.78 is 5.52. The summed E-state index contributed by atoms with van der Waals surface area (Å²) in [6.45, 7) is 6.78. The average molecular weight is 343 g/mol. The molecule has 1 aromatic rings. The molecule has 2 saturated carbocycles. The largest absolute Gasteiger partial charge is 0.381 e. The number of aryl methyl sites for hydroxylation is 2. The Bertz CT molecular complexity index is 522. The SMILES string of the molecule is COC1CCC(CC2CCC(Cc3cc(C)c(C)c(C)c3)CC2)CC1. The van der Waals surface area contributed by atoms with Gasteiger partial charge in [-0.05, 0) is 112 Å². The zero-order valence-corrected chi connectivity index (χ0v) is 16.9. The van der Waals surface area contributed by atoms with Gasteiger partial charge in [-0.2, -0.15) is 0 Å². The summed E-state index contributed by atoms with van der Waals surface area (Å²) in [7, 11) is 1.88. The molecule has 0 N–H and O–H groups in total. The molecule has 3 rings (SSSR count). The van der Waals surface area contributed by atoms with Gasteiger partial charge in [-0.3, -0.25) is 0 Å². The third-order valence-electron chi connectivity index (χ3n) is 7.27. The second-order valence-electron chi connectivity index (χ2n) is 9.06. The molecule has 0 aliphatic heterocycles. The van der Waals surface area contributed by atoms with E-state index < -0.39 is 0 Å². The Balaban J connectivity index is 1.43. The van der Waals surface area contributed by atoms with Gasteiger partial charge in [0.1, 0.15) is 0 Å². The maximum absolute atomic E-state index is 5.52. The lowest BCUT2D eigenvalue weighted by Crippen LogP contribution is -2.24. The molecule has 2 aliphatic carbocycles. The number of methoxy groups -OCH3 is 1. The fraction of sp³-hybridized carbons (Fsp3) is 0.750. The van der Waals surface area contributed by atoms with Crippen LogP contribution < -0.4 is 0 Å². The van der Waals surface area contributed by atoms with E-state index in [2.05, 4.69) is 32.9 Å². The third-order valence-corrected chi connectivity index (χ3v) is 7.27. The predicted molar refractivity (Wildman–Crippen MR) is 107 cm³/mol. The molecule has 0 bridgehead atoms. The topological polar surface area (TPSA) is 9.23 Å². The van der Waals surface area contributed by atoms with Crippen molar-refractivity contribution in [2.45, 2.75) is 91.1 Å². The zero-order valence-electron chi connectivity index (χ0n) is 16.9. The maximum Gasteiger partial charge on any atom is 0.0571 e. The first-order valence-corrected chi connectivity index (χ1v) is 10.6. The van der Waals surface area contributed by atoms with Gasteiger partial charge >= 0.3 is 0 Å². The molecule has 2 aliphatic rings. The summed E-state index contributed by atoms with van der Waals surface area (Å²) in [5.74, 6) is 2.90. The molecule has 1 heteroatoms. The van der Waals surface area contributed by atoms with Crippen molar-refractivity contribution in [3.8, 4) is 0 Å². The summed E-state index contributed by atoms with van der Waals surface area (Å²) in [6.07, 6.45) is 14.6. The summed E-state index contributed by atoms with van der Waals surface area (Å²) in [4.78, 5) is 0. The van der Waals surface area contributed by atoms with E-state index in [1.54, 1.807) is 5.56 Å². The fourth-order valence-electron chi connectivity index (χ4n) is 5.32. The van der Waals surface area contributed by atoms with E-state index in [9.17, 15) is 0 Å². The van der Waals surface area contributed by atoms with Crippen molar-refractivity contribution in [3.05, 3.63) is 34.4 Å². The van der Waals surface area contributed by atoms with Gasteiger partial charge in [0.2, 0.25) is 0 Å². The average Bonchev–Trinajstić information content (AvgIpc) is 2.62. The number of hydrogen-bond acceptors (Lipinski definition) is 1. The van der Waals surface area contributed by atoms with Crippen LogP contribution in [-0.4, -0.2) is 13.2 Å². The molecule has 140 valence electrons. The molecule has 1 aromatic carbocycles. The van der Waals surface area contributed by atoms with Crippen LogP contribution >= 0.6 is 0 Å². The van der Waals surface area contributed by atoms with Crippen molar-refractivity contribution in [1.29, 1.82) is 0 Å². The summed E-state index contributed by atoms with van der Waals surface area (Å²) in [5, 5.41) is 0. The molecule has 0 spiro atoms. The first kappa shape index (κ1) is 19.0. The summed E-state index contributed by atoms with van der Waals surface area (Å²) >= 11 is 0. The van der Waals surface area contributed by atoms with E-state index in [0.29, 0.717) is 6.10 Å². The zero-order chi connectivity index (χ0) is 17.8. The van der Waals surface area contributed by atoms with E-state index in [0.717, 1.165) is 17.8 Å². The number of benzene rings is 1. The quantitative estimate of drug-likeness (QED) is 0.589. The standard InChI is InChI=1S/C24H38O/c1-17-13-23(14-18(2)19(17)3)16-21-7-5-20(6-8-21)15-22-9-11-24(25-4)12-10-22/h13-14,20-22,24H,5-12,15-16H2,1-4H3. The fourth-order valence-corrected chi connectivity index (χ4v) is 5.32. The molecule has 0 saturated heterocycles. The number of hydrogen-bond donors (Lipinski definition) is 0. The van der Waals surface area contributed by atoms with E-state index in [1.165, 1.54) is 80.9 Å². The number of rotatable bonds is 5. The highest BCUT2D eigenvalue weighted by Crippen LogP contribution is 2.38. The van der Waals surface area contributed by atoms with Gasteiger partial charge in [-0.25, -0.2) is 0 Å². The molecular formula is C24H38O. The van der Waals surface area contributed by atoms with Crippen molar-refractivity contribution in [2.24, 2.45) is 17.8 Å². The van der Waals surface area contributed by atoms with Crippen LogP contribution in [0.3, 0.4) is 0 Å². The minimum atomic E-state index is 0.549. The normalized spacial score (nSPS) is 30.4. The first-order chi connectivity index (χ1) is 12.0. The van der Waals surface area contributed by atoms with E-state index in [1.807, 2.05) is 7.11 Å². The van der Waals surface area contributed by atoms with E-state index in [-0.39, 0.29) is 0 Å². The minimum Gasteiger partial charge on any atom is -0.381 e. The summed E-state index contributed by atoms with van der Waals surface area (Å²) in [5.41, 5.74) is 5.98. The molecule has 0 radical (unpaired) electrons.